The minimum Gasteiger partial charge on any atom is -0.479 e. The molecule has 0 saturated heterocycles. The van der Waals surface area contributed by atoms with Gasteiger partial charge in [-0.25, -0.2) is 0 Å². The van der Waals surface area contributed by atoms with Gasteiger partial charge in [0.25, 0.3) is 5.91 Å². The molecule has 1 atom stereocenters. The van der Waals surface area contributed by atoms with Crippen molar-refractivity contribution in [3.05, 3.63) is 65.4 Å². The Morgan fingerprint density at radius 3 is 2.56 bits per heavy atom. The molecule has 1 N–H and O–H groups in total. The van der Waals surface area contributed by atoms with Gasteiger partial charge in [-0.3, -0.25) is 4.79 Å². The first kappa shape index (κ1) is 17.0. The molecule has 3 rings (SSSR count). The number of carbonyl (C=O) groups excluding carboxylic acids is 1. The van der Waals surface area contributed by atoms with Crippen LogP contribution in [0.15, 0.2) is 59.1 Å². The molecule has 6 heteroatoms. The molecule has 5 nitrogen and oxygen atoms in total. The number of aromatic nitrogens is 1. The van der Waals surface area contributed by atoms with Crippen molar-refractivity contribution in [2.24, 2.45) is 0 Å². The van der Waals surface area contributed by atoms with E-state index in [2.05, 4.69) is 10.5 Å². The Kier molecular flexibility index (Phi) is 5.05. The molecule has 0 aliphatic carbocycles. The van der Waals surface area contributed by atoms with Crippen LogP contribution in [-0.4, -0.2) is 17.2 Å². The molecule has 1 aromatic heterocycles. The van der Waals surface area contributed by atoms with Gasteiger partial charge in [-0.1, -0.05) is 53.2 Å². The van der Waals surface area contributed by atoms with Crippen LogP contribution in [0.5, 0.6) is 5.75 Å². The number of ether oxygens (including phenoxy) is 1. The van der Waals surface area contributed by atoms with Crippen molar-refractivity contribution in [2.45, 2.75) is 20.0 Å². The Bertz CT molecular complexity index is 877. The lowest BCUT2D eigenvalue weighted by Gasteiger charge is -2.15. The van der Waals surface area contributed by atoms with Gasteiger partial charge < -0.3 is 14.6 Å². The van der Waals surface area contributed by atoms with Crippen LogP contribution in [0.25, 0.3) is 11.1 Å². The Balaban J connectivity index is 1.68. The lowest BCUT2D eigenvalue weighted by molar-refractivity contribution is -0.122. The lowest BCUT2D eigenvalue weighted by Crippen LogP contribution is -2.30. The molecule has 1 amide bonds. The second-order valence-corrected chi connectivity index (χ2v) is 5.99. The third kappa shape index (κ3) is 4.19. The Hall–Kier alpha value is -2.79. The monoisotopic (exact) mass is 356 g/mol. The van der Waals surface area contributed by atoms with Crippen LogP contribution in [0.2, 0.25) is 5.02 Å². The maximum absolute atomic E-state index is 12.2. The topological polar surface area (TPSA) is 64.4 Å². The number of amides is 1. The summed E-state index contributed by atoms with van der Waals surface area (Å²) in [6.45, 7) is 3.39. The first-order valence-corrected chi connectivity index (χ1v) is 8.16. The fourth-order valence-electron chi connectivity index (χ4n) is 2.30. The van der Waals surface area contributed by atoms with Crippen molar-refractivity contribution in [3.8, 4) is 16.9 Å². The number of hydrogen-bond donors (Lipinski definition) is 1. The van der Waals surface area contributed by atoms with Gasteiger partial charge in [0.2, 0.25) is 0 Å². The van der Waals surface area contributed by atoms with Crippen LogP contribution in [0.3, 0.4) is 0 Å². The van der Waals surface area contributed by atoms with Gasteiger partial charge >= 0.3 is 0 Å². The average molecular weight is 357 g/mol. The molecule has 128 valence electrons. The van der Waals surface area contributed by atoms with Crippen molar-refractivity contribution < 1.29 is 14.1 Å². The molecule has 2 aromatic carbocycles. The van der Waals surface area contributed by atoms with Gasteiger partial charge in [0.15, 0.2) is 11.9 Å². The summed E-state index contributed by atoms with van der Waals surface area (Å²) in [5, 5.41) is 6.79. The Morgan fingerprint density at radius 1 is 1.16 bits per heavy atom. The van der Waals surface area contributed by atoms with E-state index in [1.165, 1.54) is 0 Å². The number of nitrogens with one attached hydrogen (secondary N) is 1. The van der Waals surface area contributed by atoms with Crippen LogP contribution in [0.4, 0.5) is 5.82 Å². The molecule has 0 saturated carbocycles. The molecular weight excluding hydrogens is 340 g/mol. The van der Waals surface area contributed by atoms with Gasteiger partial charge in [-0.2, -0.15) is 0 Å². The van der Waals surface area contributed by atoms with E-state index in [0.29, 0.717) is 22.4 Å². The zero-order chi connectivity index (χ0) is 17.8. The van der Waals surface area contributed by atoms with Crippen LogP contribution in [0, 0.1) is 6.92 Å². The predicted octanol–water partition coefficient (Wildman–Crippen LogP) is 4.71. The minimum atomic E-state index is -0.739. The van der Waals surface area contributed by atoms with Gasteiger partial charge in [0.05, 0.1) is 5.02 Å². The zero-order valence-corrected chi connectivity index (χ0v) is 14.6. The second-order valence-electron chi connectivity index (χ2n) is 5.58. The van der Waals surface area contributed by atoms with Gasteiger partial charge in [-0.15, -0.1) is 0 Å². The van der Waals surface area contributed by atoms with E-state index >= 15 is 0 Å². The number of benzene rings is 2. The average Bonchev–Trinajstić information content (AvgIpc) is 3.02. The first-order valence-electron chi connectivity index (χ1n) is 7.79. The molecule has 1 heterocycles. The number of nitrogens with zero attached hydrogens (tertiary/aromatic N) is 1. The normalized spacial score (nSPS) is 11.8. The smallest absolute Gasteiger partial charge is 0.266 e. The molecule has 0 bridgehead atoms. The quantitative estimate of drug-likeness (QED) is 0.719. The largest absolute Gasteiger partial charge is 0.479 e. The molecule has 25 heavy (non-hydrogen) atoms. The Morgan fingerprint density at radius 2 is 1.92 bits per heavy atom. The summed E-state index contributed by atoms with van der Waals surface area (Å²) in [6, 6.07) is 17.0. The van der Waals surface area contributed by atoms with E-state index in [9.17, 15) is 4.79 Å². The third-order valence-corrected chi connectivity index (χ3v) is 3.89. The number of aryl methyl sites for hydroxylation is 1. The third-order valence-electron chi connectivity index (χ3n) is 3.59. The van der Waals surface area contributed by atoms with Gasteiger partial charge in [0.1, 0.15) is 11.5 Å². The van der Waals surface area contributed by atoms with E-state index in [1.807, 2.05) is 42.5 Å². The number of anilines is 1. The maximum atomic E-state index is 12.2. The van der Waals surface area contributed by atoms with E-state index in [-0.39, 0.29) is 5.91 Å². The highest BCUT2D eigenvalue weighted by molar-refractivity contribution is 6.32. The summed E-state index contributed by atoms with van der Waals surface area (Å²) < 4.78 is 10.6. The molecule has 0 aliphatic rings. The van der Waals surface area contributed by atoms with E-state index in [1.54, 1.807) is 26.0 Å². The van der Waals surface area contributed by atoms with Gasteiger partial charge in [0, 0.05) is 6.07 Å². The van der Waals surface area contributed by atoms with Crippen molar-refractivity contribution in [1.29, 1.82) is 0 Å². The summed E-state index contributed by atoms with van der Waals surface area (Å²) in [4.78, 5) is 12.2. The number of halogens is 1. The van der Waals surface area contributed by atoms with Crippen molar-refractivity contribution in [2.75, 3.05) is 5.32 Å². The van der Waals surface area contributed by atoms with Crippen LogP contribution < -0.4 is 10.1 Å². The molecule has 0 radical (unpaired) electrons. The number of rotatable bonds is 5. The molecule has 0 spiro atoms. The molecular formula is C19H17ClN2O3. The van der Waals surface area contributed by atoms with Crippen molar-refractivity contribution in [1.82, 2.24) is 5.16 Å². The summed E-state index contributed by atoms with van der Waals surface area (Å²) in [6.07, 6.45) is -0.739. The van der Waals surface area contributed by atoms with E-state index in [4.69, 9.17) is 20.9 Å². The molecule has 0 aliphatic heterocycles. The Labute approximate surface area is 150 Å². The fourth-order valence-corrected chi connectivity index (χ4v) is 2.53. The summed E-state index contributed by atoms with van der Waals surface area (Å²) >= 11 is 6.31. The van der Waals surface area contributed by atoms with Crippen LogP contribution >= 0.6 is 11.6 Å². The van der Waals surface area contributed by atoms with Crippen molar-refractivity contribution in [3.63, 3.8) is 0 Å². The van der Waals surface area contributed by atoms with Gasteiger partial charge in [-0.05, 0) is 37.1 Å². The summed E-state index contributed by atoms with van der Waals surface area (Å²) in [7, 11) is 0. The molecule has 3 aromatic rings. The van der Waals surface area contributed by atoms with E-state index < -0.39 is 6.10 Å². The van der Waals surface area contributed by atoms with E-state index in [0.717, 1.165) is 11.1 Å². The van der Waals surface area contributed by atoms with Crippen LogP contribution in [-0.2, 0) is 4.79 Å². The maximum Gasteiger partial charge on any atom is 0.266 e. The van der Waals surface area contributed by atoms with Crippen LogP contribution in [0.1, 0.15) is 12.7 Å². The molecule has 0 fully saturated rings. The summed E-state index contributed by atoms with van der Waals surface area (Å²) in [5.41, 5.74) is 2.04. The number of hydrogen-bond acceptors (Lipinski definition) is 4. The first-order chi connectivity index (χ1) is 12.0. The number of carbonyl (C=O) groups is 1. The standard InChI is InChI=1S/C19H17ClN2O3/c1-12-10-18(22-25-12)21-19(23)13(2)24-17-9-8-15(11-16(17)20)14-6-4-3-5-7-14/h3-11,13H,1-2H3,(H,21,22,23). The fraction of sp³-hybridized carbons (Fsp3) is 0.158. The highest BCUT2D eigenvalue weighted by Crippen LogP contribution is 2.31. The van der Waals surface area contributed by atoms with Crippen molar-refractivity contribution >= 4 is 23.3 Å². The molecule has 1 unspecified atom stereocenters. The second kappa shape index (κ2) is 7.40. The summed E-state index contributed by atoms with van der Waals surface area (Å²) in [5.74, 6) is 1.07. The minimum absolute atomic E-state index is 0.337. The lowest BCUT2D eigenvalue weighted by atomic mass is 10.1. The highest BCUT2D eigenvalue weighted by atomic mass is 35.5. The zero-order valence-electron chi connectivity index (χ0n) is 13.8. The highest BCUT2D eigenvalue weighted by Gasteiger charge is 2.18. The SMILES string of the molecule is Cc1cc(NC(=O)C(C)Oc2ccc(-c3ccccc3)cc2Cl)no1. The predicted molar refractivity (Wildman–Crippen MR) is 96.8 cm³/mol.